The lowest BCUT2D eigenvalue weighted by molar-refractivity contribution is 0.651. The highest BCUT2D eigenvalue weighted by atomic mass is 35.5. The van der Waals surface area contributed by atoms with Crippen LogP contribution in [-0.4, -0.2) is 19.7 Å². The second kappa shape index (κ2) is 7.47. The number of halogens is 1. The van der Waals surface area contributed by atoms with Gasteiger partial charge in [-0.2, -0.15) is 5.26 Å². The Morgan fingerprint density at radius 2 is 1.96 bits per heavy atom. The van der Waals surface area contributed by atoms with Crippen LogP contribution >= 0.6 is 23.4 Å². The summed E-state index contributed by atoms with van der Waals surface area (Å²) in [4.78, 5) is 4.24. The lowest BCUT2D eigenvalue weighted by atomic mass is 10.1. The van der Waals surface area contributed by atoms with Crippen LogP contribution < -0.4 is 0 Å². The number of nitriles is 1. The van der Waals surface area contributed by atoms with Gasteiger partial charge in [0.1, 0.15) is 16.9 Å². The summed E-state index contributed by atoms with van der Waals surface area (Å²) in [5.74, 6) is 0.903. The van der Waals surface area contributed by atoms with Crippen LogP contribution in [-0.2, 0) is 13.0 Å². The molecule has 0 saturated heterocycles. The SMILES string of the molecule is CCn1c(Cc2ccccc2)nnc1Sc1ccc(Cl)c(C#N)n1. The standard InChI is InChI=1S/C17H14ClN5S/c1-2-23-15(10-12-6-4-3-5-7-12)21-22-17(23)24-16-9-8-13(18)14(11-19)20-16/h3-9H,2,10H2,1H3. The number of nitrogens with zero attached hydrogens (tertiary/aromatic N) is 5. The van der Waals surface area contributed by atoms with Crippen LogP contribution in [0.2, 0.25) is 5.02 Å². The molecule has 2 aromatic heterocycles. The van der Waals surface area contributed by atoms with Crippen molar-refractivity contribution in [2.75, 3.05) is 0 Å². The van der Waals surface area contributed by atoms with Crippen molar-refractivity contribution in [1.29, 1.82) is 5.26 Å². The predicted octanol–water partition coefficient (Wildman–Crippen LogP) is 3.96. The fraction of sp³-hybridized carbons (Fsp3) is 0.176. The Morgan fingerprint density at radius 3 is 2.67 bits per heavy atom. The number of rotatable bonds is 5. The summed E-state index contributed by atoms with van der Waals surface area (Å²) in [5.41, 5.74) is 1.40. The fourth-order valence-corrected chi connectivity index (χ4v) is 3.31. The predicted molar refractivity (Wildman–Crippen MR) is 93.0 cm³/mol. The summed E-state index contributed by atoms with van der Waals surface area (Å²) >= 11 is 7.30. The Kier molecular flexibility index (Phi) is 5.14. The van der Waals surface area contributed by atoms with Gasteiger partial charge in [0.2, 0.25) is 0 Å². The molecule has 0 radical (unpaired) electrons. The van der Waals surface area contributed by atoms with E-state index in [1.54, 1.807) is 12.1 Å². The highest BCUT2D eigenvalue weighted by Gasteiger charge is 2.14. The van der Waals surface area contributed by atoms with Gasteiger partial charge in [-0.15, -0.1) is 10.2 Å². The maximum Gasteiger partial charge on any atom is 0.197 e. The van der Waals surface area contributed by atoms with E-state index in [1.165, 1.54) is 17.3 Å². The molecule has 7 heteroatoms. The maximum absolute atomic E-state index is 9.04. The van der Waals surface area contributed by atoms with E-state index >= 15 is 0 Å². The summed E-state index contributed by atoms with van der Waals surface area (Å²) in [6.07, 6.45) is 0.722. The van der Waals surface area contributed by atoms with E-state index in [0.29, 0.717) is 10.0 Å². The van der Waals surface area contributed by atoms with Crippen molar-refractivity contribution < 1.29 is 0 Å². The van der Waals surface area contributed by atoms with Gasteiger partial charge >= 0.3 is 0 Å². The molecule has 0 amide bonds. The lowest BCUT2D eigenvalue weighted by Crippen LogP contribution is -2.04. The van der Waals surface area contributed by atoms with Gasteiger partial charge in [-0.05, 0) is 36.4 Å². The Hall–Kier alpha value is -2.36. The molecule has 0 aliphatic rings. The summed E-state index contributed by atoms with van der Waals surface area (Å²) < 4.78 is 2.06. The highest BCUT2D eigenvalue weighted by Crippen LogP contribution is 2.27. The van der Waals surface area contributed by atoms with Crippen LogP contribution in [0.4, 0.5) is 0 Å². The Bertz CT molecular complexity index is 886. The molecule has 24 heavy (non-hydrogen) atoms. The number of aromatic nitrogens is 4. The second-order valence-electron chi connectivity index (χ2n) is 5.00. The quantitative estimate of drug-likeness (QED) is 0.693. The summed E-state index contributed by atoms with van der Waals surface area (Å²) in [7, 11) is 0. The van der Waals surface area contributed by atoms with E-state index in [1.807, 2.05) is 24.3 Å². The molecular weight excluding hydrogens is 342 g/mol. The zero-order chi connectivity index (χ0) is 16.9. The highest BCUT2D eigenvalue weighted by molar-refractivity contribution is 7.99. The van der Waals surface area contributed by atoms with Gasteiger partial charge in [-0.3, -0.25) is 0 Å². The summed E-state index contributed by atoms with van der Waals surface area (Å²) in [5, 5.41) is 19.4. The van der Waals surface area contributed by atoms with Gasteiger partial charge < -0.3 is 4.57 Å². The van der Waals surface area contributed by atoms with E-state index in [2.05, 4.69) is 38.8 Å². The Labute approximate surface area is 149 Å². The molecule has 0 aliphatic heterocycles. The van der Waals surface area contributed by atoms with Crippen LogP contribution in [0.15, 0.2) is 52.6 Å². The van der Waals surface area contributed by atoms with Crippen molar-refractivity contribution in [3.05, 3.63) is 64.6 Å². The molecule has 0 unspecified atom stereocenters. The molecule has 3 rings (SSSR count). The zero-order valence-electron chi connectivity index (χ0n) is 13.0. The molecule has 0 atom stereocenters. The van der Waals surface area contributed by atoms with Crippen molar-refractivity contribution in [2.45, 2.75) is 30.1 Å². The van der Waals surface area contributed by atoms with Crippen LogP contribution in [0.5, 0.6) is 0 Å². The Morgan fingerprint density at radius 1 is 1.17 bits per heavy atom. The van der Waals surface area contributed by atoms with Crippen LogP contribution in [0.1, 0.15) is 24.0 Å². The molecule has 0 aliphatic carbocycles. The minimum atomic E-state index is 0.216. The first-order chi connectivity index (χ1) is 11.7. The lowest BCUT2D eigenvalue weighted by Gasteiger charge is -2.07. The fourth-order valence-electron chi connectivity index (χ4n) is 2.27. The zero-order valence-corrected chi connectivity index (χ0v) is 14.6. The third-order valence-corrected chi connectivity index (χ3v) is 4.66. The van der Waals surface area contributed by atoms with Crippen LogP contribution in [0.3, 0.4) is 0 Å². The number of hydrogen-bond acceptors (Lipinski definition) is 5. The monoisotopic (exact) mass is 355 g/mol. The smallest absolute Gasteiger partial charge is 0.197 e. The van der Waals surface area contributed by atoms with E-state index in [0.717, 1.165) is 23.9 Å². The van der Waals surface area contributed by atoms with Gasteiger partial charge in [0, 0.05) is 13.0 Å². The van der Waals surface area contributed by atoms with Crippen molar-refractivity contribution >= 4 is 23.4 Å². The second-order valence-corrected chi connectivity index (χ2v) is 6.39. The molecule has 0 fully saturated rings. The minimum absolute atomic E-state index is 0.216. The maximum atomic E-state index is 9.04. The third-order valence-electron chi connectivity index (χ3n) is 3.44. The van der Waals surface area contributed by atoms with Gasteiger partial charge in [-0.1, -0.05) is 41.9 Å². The van der Waals surface area contributed by atoms with Gasteiger partial charge in [-0.25, -0.2) is 4.98 Å². The molecule has 3 aromatic rings. The average molecular weight is 356 g/mol. The van der Waals surface area contributed by atoms with Crippen LogP contribution in [0, 0.1) is 11.3 Å². The number of pyridine rings is 1. The van der Waals surface area contributed by atoms with E-state index in [4.69, 9.17) is 16.9 Å². The van der Waals surface area contributed by atoms with Crippen LogP contribution in [0.25, 0.3) is 0 Å². The number of hydrogen-bond donors (Lipinski definition) is 0. The van der Waals surface area contributed by atoms with E-state index in [-0.39, 0.29) is 5.69 Å². The van der Waals surface area contributed by atoms with E-state index in [9.17, 15) is 0 Å². The molecule has 0 saturated carbocycles. The van der Waals surface area contributed by atoms with E-state index < -0.39 is 0 Å². The molecule has 5 nitrogen and oxygen atoms in total. The normalized spacial score (nSPS) is 10.5. The molecule has 1 aromatic carbocycles. The first kappa shape index (κ1) is 16.5. The molecule has 0 spiro atoms. The minimum Gasteiger partial charge on any atom is -0.306 e. The summed E-state index contributed by atoms with van der Waals surface area (Å²) in [6.45, 7) is 2.81. The van der Waals surface area contributed by atoms with Crippen molar-refractivity contribution in [2.24, 2.45) is 0 Å². The molecular formula is C17H14ClN5S. The molecule has 0 N–H and O–H groups in total. The first-order valence-electron chi connectivity index (χ1n) is 7.41. The van der Waals surface area contributed by atoms with Gasteiger partial charge in [0.15, 0.2) is 10.9 Å². The molecule has 2 heterocycles. The average Bonchev–Trinajstić information content (AvgIpc) is 2.98. The Balaban J connectivity index is 1.86. The first-order valence-corrected chi connectivity index (χ1v) is 8.61. The topological polar surface area (TPSA) is 67.4 Å². The van der Waals surface area contributed by atoms with Gasteiger partial charge in [0.25, 0.3) is 0 Å². The summed E-state index contributed by atoms with van der Waals surface area (Å²) in [6, 6.07) is 15.6. The number of benzene rings is 1. The molecule has 120 valence electrons. The van der Waals surface area contributed by atoms with Gasteiger partial charge in [0.05, 0.1) is 5.02 Å². The van der Waals surface area contributed by atoms with Crippen molar-refractivity contribution in [1.82, 2.24) is 19.7 Å². The molecule has 0 bridgehead atoms. The van der Waals surface area contributed by atoms with Crippen molar-refractivity contribution in [3.63, 3.8) is 0 Å². The third kappa shape index (κ3) is 3.58. The van der Waals surface area contributed by atoms with Crippen molar-refractivity contribution in [3.8, 4) is 6.07 Å². The largest absolute Gasteiger partial charge is 0.306 e.